The van der Waals surface area contributed by atoms with E-state index in [0.29, 0.717) is 0 Å². The van der Waals surface area contributed by atoms with Gasteiger partial charge in [-0.2, -0.15) is 0 Å². The molecule has 0 spiro atoms. The number of rotatable bonds is 1. The van der Waals surface area contributed by atoms with Crippen LogP contribution in [-0.2, 0) is 6.42 Å². The molecule has 0 saturated carbocycles. The Morgan fingerprint density at radius 3 is 2.33 bits per heavy atom. The highest BCUT2D eigenvalue weighted by Crippen LogP contribution is 2.17. The lowest BCUT2D eigenvalue weighted by molar-refractivity contribution is 0.462. The molecule has 0 saturated heterocycles. The lowest BCUT2D eigenvalue weighted by atomic mass is 10.1. The SMILES string of the molecule is CC.CCc1ccc(F)cc1O. The van der Waals surface area contributed by atoms with Crippen LogP contribution in [0.5, 0.6) is 5.75 Å². The maximum absolute atomic E-state index is 12.3. The Bertz CT molecular complexity index is 233. The summed E-state index contributed by atoms with van der Waals surface area (Å²) >= 11 is 0. The van der Waals surface area contributed by atoms with Crippen LogP contribution in [0.4, 0.5) is 4.39 Å². The Morgan fingerprint density at radius 2 is 1.92 bits per heavy atom. The molecule has 0 amide bonds. The first kappa shape index (κ1) is 11.0. The average Bonchev–Trinajstić information content (AvgIpc) is 2.08. The van der Waals surface area contributed by atoms with Crippen molar-refractivity contribution in [2.24, 2.45) is 0 Å². The smallest absolute Gasteiger partial charge is 0.126 e. The highest BCUT2D eigenvalue weighted by Gasteiger charge is 1.98. The van der Waals surface area contributed by atoms with Gasteiger partial charge in [0.15, 0.2) is 0 Å². The zero-order chi connectivity index (χ0) is 9.56. The minimum atomic E-state index is -0.394. The number of aromatic hydroxyl groups is 1. The van der Waals surface area contributed by atoms with E-state index in [0.717, 1.165) is 18.1 Å². The zero-order valence-electron chi connectivity index (χ0n) is 7.76. The molecule has 68 valence electrons. The van der Waals surface area contributed by atoms with Gasteiger partial charge in [0, 0.05) is 6.07 Å². The molecule has 0 aromatic heterocycles. The zero-order valence-corrected chi connectivity index (χ0v) is 7.76. The lowest BCUT2D eigenvalue weighted by Crippen LogP contribution is -1.81. The molecule has 0 unspecified atom stereocenters. The quantitative estimate of drug-likeness (QED) is 0.686. The summed E-state index contributed by atoms with van der Waals surface area (Å²) in [4.78, 5) is 0. The summed E-state index contributed by atoms with van der Waals surface area (Å²) in [6.07, 6.45) is 0.728. The van der Waals surface area contributed by atoms with E-state index in [4.69, 9.17) is 5.11 Å². The van der Waals surface area contributed by atoms with Gasteiger partial charge in [-0.1, -0.05) is 26.8 Å². The van der Waals surface area contributed by atoms with Crippen LogP contribution in [0.2, 0.25) is 0 Å². The third kappa shape index (κ3) is 2.91. The molecule has 2 heteroatoms. The molecular formula is C10H15FO. The number of halogens is 1. The largest absolute Gasteiger partial charge is 0.508 e. The molecule has 0 atom stereocenters. The normalized spacial score (nSPS) is 8.67. The summed E-state index contributed by atoms with van der Waals surface area (Å²) in [6.45, 7) is 5.91. The van der Waals surface area contributed by atoms with Gasteiger partial charge in [0.1, 0.15) is 11.6 Å². The second-order valence-electron chi connectivity index (χ2n) is 2.13. The van der Waals surface area contributed by atoms with Gasteiger partial charge < -0.3 is 5.11 Å². The highest BCUT2D eigenvalue weighted by atomic mass is 19.1. The third-order valence-electron chi connectivity index (χ3n) is 1.43. The summed E-state index contributed by atoms with van der Waals surface area (Å²) in [5, 5.41) is 9.05. The van der Waals surface area contributed by atoms with Crippen molar-refractivity contribution in [3.05, 3.63) is 29.6 Å². The lowest BCUT2D eigenvalue weighted by Gasteiger charge is -1.98. The number of hydrogen-bond donors (Lipinski definition) is 1. The standard InChI is InChI=1S/C8H9FO.C2H6/c1-2-6-3-4-7(9)5-8(6)10;1-2/h3-5,10H,2H2,1H3;1-2H3. The van der Waals surface area contributed by atoms with Crippen LogP contribution in [0, 0.1) is 5.82 Å². The first-order valence-electron chi connectivity index (χ1n) is 4.21. The van der Waals surface area contributed by atoms with Gasteiger partial charge in [-0.15, -0.1) is 0 Å². The van der Waals surface area contributed by atoms with Crippen molar-refractivity contribution in [2.45, 2.75) is 27.2 Å². The van der Waals surface area contributed by atoms with Gasteiger partial charge in [-0.25, -0.2) is 4.39 Å². The molecular weight excluding hydrogens is 155 g/mol. The predicted molar refractivity (Wildman–Crippen MR) is 48.8 cm³/mol. The average molecular weight is 170 g/mol. The van der Waals surface area contributed by atoms with Crippen LogP contribution in [0.1, 0.15) is 26.3 Å². The van der Waals surface area contributed by atoms with Crippen molar-refractivity contribution < 1.29 is 9.50 Å². The first-order valence-corrected chi connectivity index (χ1v) is 4.21. The fourth-order valence-electron chi connectivity index (χ4n) is 0.836. The number of phenols is 1. The van der Waals surface area contributed by atoms with Gasteiger partial charge in [0.2, 0.25) is 0 Å². The van der Waals surface area contributed by atoms with Crippen molar-refractivity contribution in [1.29, 1.82) is 0 Å². The third-order valence-corrected chi connectivity index (χ3v) is 1.43. The molecule has 1 rings (SSSR count). The number of benzene rings is 1. The van der Waals surface area contributed by atoms with Crippen molar-refractivity contribution >= 4 is 0 Å². The summed E-state index contributed by atoms with van der Waals surface area (Å²) in [7, 11) is 0. The number of aryl methyl sites for hydroxylation is 1. The van der Waals surface area contributed by atoms with E-state index in [1.807, 2.05) is 20.8 Å². The minimum absolute atomic E-state index is 0.0440. The molecule has 1 aromatic rings. The van der Waals surface area contributed by atoms with E-state index in [1.165, 1.54) is 6.07 Å². The Hall–Kier alpha value is -1.05. The Kier molecular flexibility index (Phi) is 5.09. The van der Waals surface area contributed by atoms with Crippen molar-refractivity contribution in [1.82, 2.24) is 0 Å². The molecule has 1 nitrogen and oxygen atoms in total. The highest BCUT2D eigenvalue weighted by molar-refractivity contribution is 5.32. The van der Waals surface area contributed by atoms with E-state index in [-0.39, 0.29) is 5.75 Å². The Balaban J connectivity index is 0.000000561. The molecule has 0 aliphatic carbocycles. The van der Waals surface area contributed by atoms with Crippen molar-refractivity contribution in [3.63, 3.8) is 0 Å². The first-order chi connectivity index (χ1) is 5.74. The van der Waals surface area contributed by atoms with E-state index in [9.17, 15) is 4.39 Å². The summed E-state index contributed by atoms with van der Waals surface area (Å²) in [5.74, 6) is -0.350. The van der Waals surface area contributed by atoms with Crippen LogP contribution in [0.3, 0.4) is 0 Å². The van der Waals surface area contributed by atoms with E-state index in [2.05, 4.69) is 0 Å². The van der Waals surface area contributed by atoms with Crippen molar-refractivity contribution in [2.75, 3.05) is 0 Å². The van der Waals surface area contributed by atoms with E-state index in [1.54, 1.807) is 6.07 Å². The minimum Gasteiger partial charge on any atom is -0.508 e. The topological polar surface area (TPSA) is 20.2 Å². The second kappa shape index (κ2) is 5.58. The maximum Gasteiger partial charge on any atom is 0.126 e. The molecule has 1 aromatic carbocycles. The maximum atomic E-state index is 12.3. The molecule has 0 aliphatic heterocycles. The molecule has 0 fully saturated rings. The van der Waals surface area contributed by atoms with Gasteiger partial charge in [-0.05, 0) is 18.1 Å². The summed E-state index contributed by atoms with van der Waals surface area (Å²) in [5.41, 5.74) is 0.779. The van der Waals surface area contributed by atoms with Crippen LogP contribution in [0.25, 0.3) is 0 Å². The van der Waals surface area contributed by atoms with Gasteiger partial charge in [-0.3, -0.25) is 0 Å². The summed E-state index contributed by atoms with van der Waals surface area (Å²) in [6, 6.07) is 4.06. The van der Waals surface area contributed by atoms with Crippen molar-refractivity contribution in [3.8, 4) is 5.75 Å². The molecule has 12 heavy (non-hydrogen) atoms. The van der Waals surface area contributed by atoms with Crippen LogP contribution in [-0.4, -0.2) is 5.11 Å². The van der Waals surface area contributed by atoms with Crippen LogP contribution < -0.4 is 0 Å². The Morgan fingerprint density at radius 1 is 1.33 bits per heavy atom. The number of hydrogen-bond acceptors (Lipinski definition) is 1. The monoisotopic (exact) mass is 170 g/mol. The molecule has 0 bridgehead atoms. The number of phenolic OH excluding ortho intramolecular Hbond substituents is 1. The fraction of sp³-hybridized carbons (Fsp3) is 0.400. The van der Waals surface area contributed by atoms with Gasteiger partial charge in [0.25, 0.3) is 0 Å². The van der Waals surface area contributed by atoms with Gasteiger partial charge in [0.05, 0.1) is 0 Å². The van der Waals surface area contributed by atoms with E-state index < -0.39 is 5.82 Å². The Labute approximate surface area is 72.9 Å². The van der Waals surface area contributed by atoms with Gasteiger partial charge >= 0.3 is 0 Å². The van der Waals surface area contributed by atoms with Crippen LogP contribution in [0.15, 0.2) is 18.2 Å². The predicted octanol–water partition coefficient (Wildman–Crippen LogP) is 3.12. The molecule has 1 N–H and O–H groups in total. The van der Waals surface area contributed by atoms with E-state index >= 15 is 0 Å². The van der Waals surface area contributed by atoms with Crippen LogP contribution >= 0.6 is 0 Å². The summed E-state index contributed by atoms with van der Waals surface area (Å²) < 4.78 is 12.3. The molecule has 0 heterocycles. The molecule has 0 radical (unpaired) electrons. The second-order valence-corrected chi connectivity index (χ2v) is 2.13. The fourth-order valence-corrected chi connectivity index (χ4v) is 0.836. The molecule has 0 aliphatic rings.